The van der Waals surface area contributed by atoms with Crippen LogP contribution in [0, 0.1) is 5.92 Å². The molecule has 0 saturated carbocycles. The van der Waals surface area contributed by atoms with Crippen LogP contribution in [0.2, 0.25) is 5.02 Å². The summed E-state index contributed by atoms with van der Waals surface area (Å²) in [6.07, 6.45) is 2.39. The number of benzene rings is 2. The molecule has 0 atom stereocenters. The summed E-state index contributed by atoms with van der Waals surface area (Å²) in [7, 11) is 0. The molecule has 0 radical (unpaired) electrons. The second-order valence-electron chi connectivity index (χ2n) is 7.35. The first-order valence-electron chi connectivity index (χ1n) is 9.52. The Morgan fingerprint density at radius 2 is 1.52 bits per heavy atom. The third-order valence-electron chi connectivity index (χ3n) is 5.66. The minimum atomic E-state index is 0.0180. The van der Waals surface area contributed by atoms with E-state index in [1.54, 1.807) is 24.3 Å². The van der Waals surface area contributed by atoms with Crippen LogP contribution >= 0.6 is 11.6 Å². The summed E-state index contributed by atoms with van der Waals surface area (Å²) in [5.41, 5.74) is 3.26. The Morgan fingerprint density at radius 1 is 0.852 bits per heavy atom. The monoisotopic (exact) mass is 382 g/mol. The molecule has 0 spiro atoms. The highest BCUT2D eigenvalue weighted by Gasteiger charge is 2.31. The molecule has 0 aliphatic carbocycles. The summed E-state index contributed by atoms with van der Waals surface area (Å²) in [5.74, 6) is 0.275. The summed E-state index contributed by atoms with van der Waals surface area (Å²) >= 11 is 5.89. The number of halogens is 1. The standard InChI is InChI=1S/C22H23ClN2O2/c23-20-7-5-17(6-8-20)21(26)24-12-10-18(11-13-24)22(27)25-14-9-16-3-1-2-4-19(16)15-25/h1-8,18H,9-15H2. The molecule has 1 saturated heterocycles. The van der Waals surface area contributed by atoms with E-state index in [0.29, 0.717) is 30.2 Å². The van der Waals surface area contributed by atoms with Crippen LogP contribution in [0.15, 0.2) is 48.5 Å². The number of piperidine rings is 1. The number of carbonyl (C=O) groups is 2. The van der Waals surface area contributed by atoms with Gasteiger partial charge in [-0.25, -0.2) is 0 Å². The van der Waals surface area contributed by atoms with Crippen molar-refractivity contribution in [1.82, 2.24) is 9.80 Å². The lowest BCUT2D eigenvalue weighted by Gasteiger charge is -2.36. The number of amides is 2. The number of nitrogens with zero attached hydrogens (tertiary/aromatic N) is 2. The maximum Gasteiger partial charge on any atom is 0.253 e. The molecule has 4 rings (SSSR count). The number of fused-ring (bicyclic) bond motifs is 1. The Kier molecular flexibility index (Phi) is 5.17. The van der Waals surface area contributed by atoms with Crippen molar-refractivity contribution in [2.75, 3.05) is 19.6 Å². The summed E-state index contributed by atoms with van der Waals surface area (Å²) in [6, 6.07) is 15.3. The van der Waals surface area contributed by atoms with E-state index in [-0.39, 0.29) is 17.7 Å². The molecule has 0 aromatic heterocycles. The molecular formula is C22H23ClN2O2. The molecule has 0 N–H and O–H groups in total. The van der Waals surface area contributed by atoms with Crippen molar-refractivity contribution < 1.29 is 9.59 Å². The smallest absolute Gasteiger partial charge is 0.253 e. The van der Waals surface area contributed by atoms with Crippen LogP contribution in [0.1, 0.15) is 34.3 Å². The fraction of sp³-hybridized carbons (Fsp3) is 0.364. The van der Waals surface area contributed by atoms with Gasteiger partial charge in [0.15, 0.2) is 0 Å². The van der Waals surface area contributed by atoms with Gasteiger partial charge in [0, 0.05) is 42.7 Å². The van der Waals surface area contributed by atoms with Crippen LogP contribution in [-0.2, 0) is 17.8 Å². The Hall–Kier alpha value is -2.33. The largest absolute Gasteiger partial charge is 0.339 e. The highest BCUT2D eigenvalue weighted by molar-refractivity contribution is 6.30. The highest BCUT2D eigenvalue weighted by atomic mass is 35.5. The first-order chi connectivity index (χ1) is 13.1. The van der Waals surface area contributed by atoms with Gasteiger partial charge in [0.1, 0.15) is 0 Å². The molecule has 2 aliphatic heterocycles. The minimum absolute atomic E-state index is 0.0180. The average molecular weight is 383 g/mol. The van der Waals surface area contributed by atoms with Gasteiger partial charge in [0.25, 0.3) is 5.91 Å². The Balaban J connectivity index is 1.34. The van der Waals surface area contributed by atoms with Gasteiger partial charge >= 0.3 is 0 Å². The van der Waals surface area contributed by atoms with Crippen LogP contribution in [0.25, 0.3) is 0 Å². The summed E-state index contributed by atoms with van der Waals surface area (Å²) in [5, 5.41) is 0.624. The minimum Gasteiger partial charge on any atom is -0.339 e. The molecule has 2 amide bonds. The molecule has 2 heterocycles. The number of carbonyl (C=O) groups excluding carboxylic acids is 2. The van der Waals surface area contributed by atoms with Gasteiger partial charge in [0.2, 0.25) is 5.91 Å². The topological polar surface area (TPSA) is 40.6 Å². The lowest BCUT2D eigenvalue weighted by Crippen LogP contribution is -2.45. The maximum absolute atomic E-state index is 13.0. The van der Waals surface area contributed by atoms with Gasteiger partial charge in [-0.1, -0.05) is 35.9 Å². The predicted octanol–water partition coefficient (Wildman–Crippen LogP) is 3.78. The maximum atomic E-state index is 13.0. The van der Waals surface area contributed by atoms with Crippen LogP contribution in [-0.4, -0.2) is 41.2 Å². The van der Waals surface area contributed by atoms with Crippen molar-refractivity contribution in [2.24, 2.45) is 5.92 Å². The summed E-state index contributed by atoms with van der Waals surface area (Å²) in [4.78, 5) is 29.4. The average Bonchev–Trinajstić information content (AvgIpc) is 2.73. The van der Waals surface area contributed by atoms with E-state index < -0.39 is 0 Å². The van der Waals surface area contributed by atoms with Gasteiger partial charge in [-0.2, -0.15) is 0 Å². The van der Waals surface area contributed by atoms with Crippen molar-refractivity contribution in [3.8, 4) is 0 Å². The normalized spacial score (nSPS) is 17.5. The zero-order valence-corrected chi connectivity index (χ0v) is 16.0. The zero-order valence-electron chi connectivity index (χ0n) is 15.2. The van der Waals surface area contributed by atoms with Crippen LogP contribution in [0.5, 0.6) is 0 Å². The lowest BCUT2D eigenvalue weighted by atomic mass is 9.92. The van der Waals surface area contributed by atoms with E-state index in [1.807, 2.05) is 15.9 Å². The van der Waals surface area contributed by atoms with Gasteiger partial charge in [-0.15, -0.1) is 0 Å². The molecule has 0 unspecified atom stereocenters. The fourth-order valence-corrected chi connectivity index (χ4v) is 4.17. The summed E-state index contributed by atoms with van der Waals surface area (Å²) < 4.78 is 0. The molecule has 5 heteroatoms. The highest BCUT2D eigenvalue weighted by Crippen LogP contribution is 2.25. The van der Waals surface area contributed by atoms with E-state index >= 15 is 0 Å². The lowest BCUT2D eigenvalue weighted by molar-refractivity contribution is -0.137. The van der Waals surface area contributed by atoms with Crippen molar-refractivity contribution in [3.05, 3.63) is 70.2 Å². The second-order valence-corrected chi connectivity index (χ2v) is 7.79. The van der Waals surface area contributed by atoms with Gasteiger partial charge in [-0.05, 0) is 54.7 Å². The van der Waals surface area contributed by atoms with E-state index in [1.165, 1.54) is 11.1 Å². The van der Waals surface area contributed by atoms with Gasteiger partial charge < -0.3 is 9.80 Å². The quantitative estimate of drug-likeness (QED) is 0.793. The van der Waals surface area contributed by atoms with Gasteiger partial charge in [0.05, 0.1) is 0 Å². The molecular weight excluding hydrogens is 360 g/mol. The Labute approximate surface area is 164 Å². The zero-order chi connectivity index (χ0) is 18.8. The predicted molar refractivity (Wildman–Crippen MR) is 106 cm³/mol. The van der Waals surface area contributed by atoms with E-state index in [0.717, 1.165) is 25.8 Å². The molecule has 4 nitrogen and oxygen atoms in total. The molecule has 2 aromatic rings. The van der Waals surface area contributed by atoms with Crippen LogP contribution in [0.4, 0.5) is 0 Å². The first kappa shape index (κ1) is 18.1. The van der Waals surface area contributed by atoms with Crippen molar-refractivity contribution >= 4 is 23.4 Å². The fourth-order valence-electron chi connectivity index (χ4n) is 4.05. The SMILES string of the molecule is O=C(c1ccc(Cl)cc1)N1CCC(C(=O)N2CCc3ccccc3C2)CC1. The molecule has 2 aliphatic rings. The third-order valence-corrected chi connectivity index (χ3v) is 5.92. The number of rotatable bonds is 2. The molecule has 140 valence electrons. The van der Waals surface area contributed by atoms with Crippen LogP contribution in [0.3, 0.4) is 0 Å². The van der Waals surface area contributed by atoms with Crippen molar-refractivity contribution in [2.45, 2.75) is 25.8 Å². The van der Waals surface area contributed by atoms with Crippen LogP contribution < -0.4 is 0 Å². The Morgan fingerprint density at radius 3 is 2.22 bits per heavy atom. The molecule has 1 fully saturated rings. The second kappa shape index (κ2) is 7.73. The Bertz CT molecular complexity index is 842. The first-order valence-corrected chi connectivity index (χ1v) is 9.90. The van der Waals surface area contributed by atoms with E-state index in [9.17, 15) is 9.59 Å². The van der Waals surface area contributed by atoms with Crippen molar-refractivity contribution in [3.63, 3.8) is 0 Å². The molecule has 0 bridgehead atoms. The number of hydrogen-bond donors (Lipinski definition) is 0. The van der Waals surface area contributed by atoms with Gasteiger partial charge in [-0.3, -0.25) is 9.59 Å². The van der Waals surface area contributed by atoms with E-state index in [4.69, 9.17) is 11.6 Å². The number of likely N-dealkylation sites (tertiary alicyclic amines) is 1. The van der Waals surface area contributed by atoms with E-state index in [2.05, 4.69) is 18.2 Å². The molecule has 2 aromatic carbocycles. The summed E-state index contributed by atoms with van der Waals surface area (Å²) in [6.45, 7) is 2.75. The van der Waals surface area contributed by atoms with Crippen molar-refractivity contribution in [1.29, 1.82) is 0 Å². The third kappa shape index (κ3) is 3.86. The molecule has 27 heavy (non-hydrogen) atoms. The number of hydrogen-bond acceptors (Lipinski definition) is 2.